The molecule has 0 saturated heterocycles. The summed E-state index contributed by atoms with van der Waals surface area (Å²) in [6, 6.07) is 16.9. The largest absolute Gasteiger partial charge is 0.497 e. The van der Waals surface area contributed by atoms with Crippen molar-refractivity contribution >= 4 is 23.1 Å². The topological polar surface area (TPSA) is 106 Å². The molecule has 9 heteroatoms. The van der Waals surface area contributed by atoms with Gasteiger partial charge in [0.25, 0.3) is 0 Å². The molecule has 0 unspecified atom stereocenters. The van der Waals surface area contributed by atoms with E-state index in [1.807, 2.05) is 54.6 Å². The number of nitrogens with zero attached hydrogens (tertiary/aromatic N) is 3. The van der Waals surface area contributed by atoms with Crippen LogP contribution in [0.25, 0.3) is 11.4 Å². The molecule has 2 aromatic carbocycles. The standard InChI is InChI=1S/C21H18N6O3/c1-28-15-5-2-4-13(10-15)24-21-25-20(26-27-21)16-6-3-9-22-19(16)23-14-7-8-17-18(11-14)30-12-29-17/h2-11H,12H2,1H3,(H,22,23)(H2,24,25,26,27). The summed E-state index contributed by atoms with van der Waals surface area (Å²) in [7, 11) is 1.63. The Morgan fingerprint density at radius 2 is 1.87 bits per heavy atom. The van der Waals surface area contributed by atoms with E-state index in [1.54, 1.807) is 13.3 Å². The maximum atomic E-state index is 5.44. The zero-order valence-corrected chi connectivity index (χ0v) is 16.0. The summed E-state index contributed by atoms with van der Waals surface area (Å²) in [6.07, 6.45) is 1.71. The maximum absolute atomic E-state index is 5.44. The van der Waals surface area contributed by atoms with Crippen molar-refractivity contribution in [3.63, 3.8) is 0 Å². The second-order valence-corrected chi connectivity index (χ2v) is 6.46. The molecular formula is C21H18N6O3. The van der Waals surface area contributed by atoms with Gasteiger partial charge in [0.05, 0.1) is 12.7 Å². The van der Waals surface area contributed by atoms with E-state index in [9.17, 15) is 0 Å². The number of ether oxygens (including phenoxy) is 3. The highest BCUT2D eigenvalue weighted by Gasteiger charge is 2.15. The lowest BCUT2D eigenvalue weighted by Crippen LogP contribution is -1.97. The van der Waals surface area contributed by atoms with Gasteiger partial charge >= 0.3 is 0 Å². The molecule has 0 bridgehead atoms. The summed E-state index contributed by atoms with van der Waals surface area (Å²) in [5, 5.41) is 13.7. The van der Waals surface area contributed by atoms with Gasteiger partial charge in [-0.2, -0.15) is 4.98 Å². The third kappa shape index (κ3) is 3.55. The summed E-state index contributed by atoms with van der Waals surface area (Å²) in [5.41, 5.74) is 2.43. The number of hydrogen-bond acceptors (Lipinski definition) is 8. The van der Waals surface area contributed by atoms with Crippen LogP contribution in [-0.2, 0) is 0 Å². The Kier molecular flexibility index (Phi) is 4.53. The molecule has 0 fully saturated rings. The summed E-state index contributed by atoms with van der Waals surface area (Å²) < 4.78 is 16.0. The Hall–Kier alpha value is -4.27. The Morgan fingerprint density at radius 3 is 2.80 bits per heavy atom. The highest BCUT2D eigenvalue weighted by Crippen LogP contribution is 2.36. The Bertz CT molecular complexity index is 1190. The van der Waals surface area contributed by atoms with Gasteiger partial charge in [0.15, 0.2) is 17.3 Å². The Labute approximate surface area is 172 Å². The number of fused-ring (bicyclic) bond motifs is 1. The Morgan fingerprint density at radius 1 is 0.967 bits per heavy atom. The van der Waals surface area contributed by atoms with E-state index in [-0.39, 0.29) is 6.79 Å². The smallest absolute Gasteiger partial charge is 0.246 e. The third-order valence-electron chi connectivity index (χ3n) is 4.51. The van der Waals surface area contributed by atoms with Crippen LogP contribution in [0.2, 0.25) is 0 Å². The van der Waals surface area contributed by atoms with Crippen molar-refractivity contribution in [1.82, 2.24) is 20.2 Å². The van der Waals surface area contributed by atoms with Gasteiger partial charge in [-0.25, -0.2) is 4.98 Å². The molecule has 0 radical (unpaired) electrons. The first-order valence-electron chi connectivity index (χ1n) is 9.24. The highest BCUT2D eigenvalue weighted by atomic mass is 16.7. The number of methoxy groups -OCH3 is 1. The molecule has 30 heavy (non-hydrogen) atoms. The number of benzene rings is 2. The fourth-order valence-electron chi connectivity index (χ4n) is 3.08. The van der Waals surface area contributed by atoms with E-state index in [0.717, 1.165) is 28.4 Å². The van der Waals surface area contributed by atoms with Gasteiger partial charge in [0, 0.05) is 29.7 Å². The van der Waals surface area contributed by atoms with Crippen LogP contribution < -0.4 is 24.8 Å². The molecule has 0 atom stereocenters. The van der Waals surface area contributed by atoms with E-state index in [2.05, 4.69) is 30.8 Å². The van der Waals surface area contributed by atoms with E-state index in [0.29, 0.717) is 23.3 Å². The zero-order valence-electron chi connectivity index (χ0n) is 16.0. The first-order valence-corrected chi connectivity index (χ1v) is 9.24. The zero-order chi connectivity index (χ0) is 20.3. The van der Waals surface area contributed by atoms with Crippen LogP contribution >= 0.6 is 0 Å². The molecule has 0 spiro atoms. The number of aromatic nitrogens is 4. The number of nitrogens with one attached hydrogen (secondary N) is 3. The van der Waals surface area contributed by atoms with Crippen LogP contribution in [-0.4, -0.2) is 34.1 Å². The monoisotopic (exact) mass is 402 g/mol. The van der Waals surface area contributed by atoms with Crippen LogP contribution in [0.1, 0.15) is 0 Å². The predicted octanol–water partition coefficient (Wildman–Crippen LogP) is 4.09. The Balaban J connectivity index is 1.39. The van der Waals surface area contributed by atoms with Gasteiger partial charge < -0.3 is 24.8 Å². The third-order valence-corrected chi connectivity index (χ3v) is 4.51. The molecule has 0 aliphatic carbocycles. The number of rotatable bonds is 6. The lowest BCUT2D eigenvalue weighted by atomic mass is 10.2. The second kappa shape index (κ2) is 7.63. The van der Waals surface area contributed by atoms with Crippen molar-refractivity contribution in [3.05, 3.63) is 60.8 Å². The molecule has 1 aliphatic rings. The van der Waals surface area contributed by atoms with E-state index in [1.165, 1.54) is 0 Å². The summed E-state index contributed by atoms with van der Waals surface area (Å²) in [4.78, 5) is 9.00. The first kappa shape index (κ1) is 17.8. The molecule has 9 nitrogen and oxygen atoms in total. The first-order chi connectivity index (χ1) is 14.8. The molecule has 4 aromatic rings. The second-order valence-electron chi connectivity index (χ2n) is 6.46. The SMILES string of the molecule is COc1cccc(Nc2n[nH]c(-c3cccnc3Nc3ccc4c(c3)OCO4)n2)c1. The van der Waals surface area contributed by atoms with Gasteiger partial charge in [0.1, 0.15) is 11.6 Å². The summed E-state index contributed by atoms with van der Waals surface area (Å²) in [5.74, 6) is 3.83. The van der Waals surface area contributed by atoms with Crippen LogP contribution in [0.15, 0.2) is 60.8 Å². The fraction of sp³-hybridized carbons (Fsp3) is 0.0952. The van der Waals surface area contributed by atoms with Crippen LogP contribution in [0.3, 0.4) is 0 Å². The highest BCUT2D eigenvalue weighted by molar-refractivity contribution is 5.75. The van der Waals surface area contributed by atoms with Gasteiger partial charge in [-0.1, -0.05) is 6.07 Å². The maximum Gasteiger partial charge on any atom is 0.246 e. The molecular weight excluding hydrogens is 384 g/mol. The van der Waals surface area contributed by atoms with Gasteiger partial charge in [-0.05, 0) is 36.4 Å². The van der Waals surface area contributed by atoms with Gasteiger partial charge in [-0.15, -0.1) is 5.10 Å². The molecule has 0 saturated carbocycles. The van der Waals surface area contributed by atoms with E-state index in [4.69, 9.17) is 14.2 Å². The van der Waals surface area contributed by atoms with Crippen molar-refractivity contribution < 1.29 is 14.2 Å². The van der Waals surface area contributed by atoms with E-state index >= 15 is 0 Å². The average molecular weight is 402 g/mol. The average Bonchev–Trinajstić information content (AvgIpc) is 3.43. The number of aromatic amines is 1. The van der Waals surface area contributed by atoms with Crippen LogP contribution in [0.4, 0.5) is 23.1 Å². The molecule has 150 valence electrons. The van der Waals surface area contributed by atoms with Gasteiger partial charge in [-0.3, -0.25) is 5.10 Å². The lowest BCUT2D eigenvalue weighted by molar-refractivity contribution is 0.174. The van der Waals surface area contributed by atoms with Crippen LogP contribution in [0, 0.1) is 0 Å². The van der Waals surface area contributed by atoms with Crippen molar-refractivity contribution in [2.45, 2.75) is 0 Å². The van der Waals surface area contributed by atoms with Gasteiger partial charge in [0.2, 0.25) is 12.7 Å². The molecule has 1 aliphatic heterocycles. The molecule has 2 aromatic heterocycles. The van der Waals surface area contributed by atoms with Crippen molar-refractivity contribution in [2.24, 2.45) is 0 Å². The fourth-order valence-corrected chi connectivity index (χ4v) is 3.08. The van der Waals surface area contributed by atoms with E-state index < -0.39 is 0 Å². The quantitative estimate of drug-likeness (QED) is 0.443. The molecule has 0 amide bonds. The number of H-pyrrole nitrogens is 1. The molecule has 5 rings (SSSR count). The summed E-state index contributed by atoms with van der Waals surface area (Å²) in [6.45, 7) is 0.231. The van der Waals surface area contributed by atoms with Crippen LogP contribution in [0.5, 0.6) is 17.2 Å². The minimum Gasteiger partial charge on any atom is -0.497 e. The minimum atomic E-state index is 0.231. The summed E-state index contributed by atoms with van der Waals surface area (Å²) >= 11 is 0. The number of hydrogen-bond donors (Lipinski definition) is 3. The number of anilines is 4. The number of pyridine rings is 1. The normalized spacial score (nSPS) is 11.9. The van der Waals surface area contributed by atoms with Crippen molar-refractivity contribution in [1.29, 1.82) is 0 Å². The minimum absolute atomic E-state index is 0.231. The molecule has 3 heterocycles. The molecule has 3 N–H and O–H groups in total. The van der Waals surface area contributed by atoms with Crippen molar-refractivity contribution in [3.8, 4) is 28.6 Å². The van der Waals surface area contributed by atoms with Crippen molar-refractivity contribution in [2.75, 3.05) is 24.5 Å². The lowest BCUT2D eigenvalue weighted by Gasteiger charge is -2.09. The predicted molar refractivity (Wildman–Crippen MR) is 112 cm³/mol.